The molecule has 0 aromatic carbocycles. The molecule has 0 unspecified atom stereocenters. The number of halogens is 3. The first-order valence-corrected chi connectivity index (χ1v) is 1.52. The first-order valence-electron chi connectivity index (χ1n) is 0.507. The zero-order chi connectivity index (χ0) is 3.58. The molecule has 0 N–H and O–H groups in total. The fraction of sp³-hybridized carbons (Fsp3) is 0. The third kappa shape index (κ3) is 65.0. The molecule has 5 heteroatoms. The van der Waals surface area contributed by atoms with Crippen molar-refractivity contribution in [1.82, 2.24) is 0 Å². The van der Waals surface area contributed by atoms with Crippen LogP contribution in [0.3, 0.4) is 0 Å². The summed E-state index contributed by atoms with van der Waals surface area (Å²) >= 11 is 0. The van der Waals surface area contributed by atoms with Crippen LogP contribution in [0.25, 0.3) is 0 Å². The molecule has 0 saturated carbocycles. The predicted octanol–water partition coefficient (Wildman–Crippen LogP) is 2.12. The van der Waals surface area contributed by atoms with E-state index >= 15 is 0 Å². The van der Waals surface area contributed by atoms with Crippen LogP contribution in [0.1, 0.15) is 0 Å². The minimum absolute atomic E-state index is 0. The molecule has 0 aliphatic heterocycles. The molecule has 1 radical (unpaired) electrons. The van der Waals surface area contributed by atoms with Gasteiger partial charge in [-0.15, -0.1) is 0 Å². The maximum Gasteiger partial charge on any atom is 0.456 e. The Balaban J connectivity index is 0. The molecule has 0 atom stereocenters. The van der Waals surface area contributed by atoms with Gasteiger partial charge < -0.3 is 0 Å². The Morgan fingerprint density at radius 2 is 1.00 bits per heavy atom. The van der Waals surface area contributed by atoms with E-state index in [0.717, 1.165) is 0 Å². The molecule has 0 fully saturated rings. The SMILES string of the molecule is FP(F)F.[Cu]. The van der Waals surface area contributed by atoms with Gasteiger partial charge in [-0.2, -0.15) is 12.6 Å². The summed E-state index contributed by atoms with van der Waals surface area (Å²) in [4.78, 5) is 0. The fourth-order valence-corrected chi connectivity index (χ4v) is 0. The van der Waals surface area contributed by atoms with Crippen LogP contribution in [-0.4, -0.2) is 0 Å². The van der Waals surface area contributed by atoms with Gasteiger partial charge >= 0.3 is 8.85 Å². The largest absolute Gasteiger partial charge is 0.456 e. The maximum absolute atomic E-state index is 9.73. The van der Waals surface area contributed by atoms with Crippen molar-refractivity contribution in [3.05, 3.63) is 0 Å². The molecule has 5 heavy (non-hydrogen) atoms. The van der Waals surface area contributed by atoms with Crippen molar-refractivity contribution in [1.29, 1.82) is 0 Å². The second-order valence-electron chi connectivity index (χ2n) is 0.192. The van der Waals surface area contributed by atoms with Crippen LogP contribution in [0.15, 0.2) is 0 Å². The van der Waals surface area contributed by atoms with Gasteiger partial charge in [0.25, 0.3) is 0 Å². The van der Waals surface area contributed by atoms with Gasteiger partial charge in [0.05, 0.1) is 0 Å². The molecule has 0 aromatic heterocycles. The Morgan fingerprint density at radius 3 is 1.00 bits per heavy atom. The van der Waals surface area contributed by atoms with Gasteiger partial charge in [0.1, 0.15) is 0 Å². The van der Waals surface area contributed by atoms with E-state index in [0.29, 0.717) is 0 Å². The molecule has 0 amide bonds. The smallest absolute Gasteiger partial charge is 0.152 e. The zero-order valence-corrected chi connectivity index (χ0v) is 3.72. The molecule has 0 aromatic rings. The van der Waals surface area contributed by atoms with Crippen molar-refractivity contribution in [2.24, 2.45) is 0 Å². The van der Waals surface area contributed by atoms with E-state index in [1.165, 1.54) is 0 Å². The molecular formula is CuF3P. The van der Waals surface area contributed by atoms with E-state index in [1.807, 2.05) is 0 Å². The van der Waals surface area contributed by atoms with Crippen LogP contribution in [0, 0.1) is 0 Å². The third-order valence-corrected chi connectivity index (χ3v) is 0. The van der Waals surface area contributed by atoms with Crippen molar-refractivity contribution in [3.63, 3.8) is 0 Å². The van der Waals surface area contributed by atoms with Gasteiger partial charge in [0.2, 0.25) is 0 Å². The summed E-state index contributed by atoms with van der Waals surface area (Å²) in [5.74, 6) is 0. The summed E-state index contributed by atoms with van der Waals surface area (Å²) in [5, 5.41) is 0. The predicted molar refractivity (Wildman–Crippen MR) is 10.2 cm³/mol. The van der Waals surface area contributed by atoms with Gasteiger partial charge in [-0.1, -0.05) is 0 Å². The van der Waals surface area contributed by atoms with Crippen molar-refractivity contribution in [2.75, 3.05) is 0 Å². The van der Waals surface area contributed by atoms with Gasteiger partial charge in [-0.25, -0.2) is 0 Å². The summed E-state index contributed by atoms with van der Waals surface area (Å²) < 4.78 is 29.2. The van der Waals surface area contributed by atoms with Crippen LogP contribution >= 0.6 is 8.85 Å². The van der Waals surface area contributed by atoms with Crippen LogP contribution in [0.2, 0.25) is 0 Å². The van der Waals surface area contributed by atoms with E-state index in [-0.39, 0.29) is 17.1 Å². The Kier molecular flexibility index (Phi) is 8.74. The molecule has 0 aliphatic rings. The standard InChI is InChI=1S/Cu.F3P/c;1-4(2)3. The second kappa shape index (κ2) is 4.74. The van der Waals surface area contributed by atoms with Crippen LogP contribution in [-0.2, 0) is 17.1 Å². The third-order valence-electron chi connectivity index (χ3n) is 0. The molecule has 0 bridgehead atoms. The van der Waals surface area contributed by atoms with Crippen LogP contribution < -0.4 is 0 Å². The Labute approximate surface area is 39.3 Å². The summed E-state index contributed by atoms with van der Waals surface area (Å²) in [6.07, 6.45) is 0. The van der Waals surface area contributed by atoms with Crippen LogP contribution in [0.5, 0.6) is 0 Å². The summed E-state index contributed by atoms with van der Waals surface area (Å²) in [6.45, 7) is 0. The summed E-state index contributed by atoms with van der Waals surface area (Å²) in [5.41, 5.74) is 0. The Morgan fingerprint density at radius 1 is 1.00 bits per heavy atom. The second-order valence-corrected chi connectivity index (χ2v) is 0.575. The maximum atomic E-state index is 9.73. The molecule has 0 aliphatic carbocycles. The van der Waals surface area contributed by atoms with E-state index in [9.17, 15) is 12.6 Å². The molecule has 0 nitrogen and oxygen atoms in total. The topological polar surface area (TPSA) is 0 Å². The average molecular weight is 152 g/mol. The number of rotatable bonds is 0. The summed E-state index contributed by atoms with van der Waals surface area (Å²) in [7, 11) is -4.12. The number of hydrogen-bond donors (Lipinski definition) is 0. The van der Waals surface area contributed by atoms with Crippen molar-refractivity contribution >= 4 is 8.85 Å². The normalized spacial score (nSPS) is 7.20. The van der Waals surface area contributed by atoms with E-state index in [4.69, 9.17) is 0 Å². The van der Waals surface area contributed by atoms with Gasteiger partial charge in [0, 0.05) is 17.1 Å². The molecule has 0 spiro atoms. The monoisotopic (exact) mass is 151 g/mol. The minimum atomic E-state index is -4.12. The molecule has 37 valence electrons. The van der Waals surface area contributed by atoms with Gasteiger partial charge in [0.15, 0.2) is 0 Å². The van der Waals surface area contributed by atoms with Gasteiger partial charge in [-0.05, 0) is 0 Å². The first-order chi connectivity index (χ1) is 1.73. The van der Waals surface area contributed by atoms with Crippen molar-refractivity contribution < 1.29 is 29.7 Å². The quantitative estimate of drug-likeness (QED) is 0.368. The van der Waals surface area contributed by atoms with E-state index in [1.54, 1.807) is 0 Å². The molecule has 0 saturated heterocycles. The summed E-state index contributed by atoms with van der Waals surface area (Å²) in [6, 6.07) is 0. The zero-order valence-electron chi connectivity index (χ0n) is 1.88. The number of hydrogen-bond acceptors (Lipinski definition) is 0. The fourth-order valence-electron chi connectivity index (χ4n) is 0. The molecule has 0 heterocycles. The average Bonchev–Trinajstić information content (AvgIpc) is 0.811. The van der Waals surface area contributed by atoms with E-state index < -0.39 is 8.85 Å². The van der Waals surface area contributed by atoms with E-state index in [2.05, 4.69) is 0 Å². The Hall–Kier alpha value is 0.739. The molecule has 0 rings (SSSR count). The van der Waals surface area contributed by atoms with Crippen molar-refractivity contribution in [2.45, 2.75) is 0 Å². The van der Waals surface area contributed by atoms with Crippen LogP contribution in [0.4, 0.5) is 12.6 Å². The van der Waals surface area contributed by atoms with Crippen molar-refractivity contribution in [3.8, 4) is 0 Å². The Bertz CT molecular complexity index is 11.6. The minimum Gasteiger partial charge on any atom is -0.152 e. The first kappa shape index (κ1) is 9.22. The molecular weight excluding hydrogens is 152 g/mol. The van der Waals surface area contributed by atoms with Gasteiger partial charge in [-0.3, -0.25) is 0 Å².